The highest BCUT2D eigenvalue weighted by Crippen LogP contribution is 2.25. The number of hydrogen-bond acceptors (Lipinski definition) is 2. The maximum Gasteiger partial charge on any atom is 0.153 e. The third-order valence-electron chi connectivity index (χ3n) is 4.03. The number of imidazole rings is 1. The molecule has 1 aromatic heterocycles. The van der Waals surface area contributed by atoms with Gasteiger partial charge in [0.2, 0.25) is 0 Å². The normalized spacial score (nSPS) is 12.7. The molecule has 120 valence electrons. The van der Waals surface area contributed by atoms with Gasteiger partial charge in [0.25, 0.3) is 0 Å². The number of aryl methyl sites for hydroxylation is 1. The van der Waals surface area contributed by atoms with Crippen molar-refractivity contribution in [3.63, 3.8) is 0 Å². The number of hydrogen-bond donors (Lipinski definition) is 0. The lowest BCUT2D eigenvalue weighted by atomic mass is 10.1. The average molecular weight is 308 g/mol. The molecule has 0 bridgehead atoms. The molecule has 0 aliphatic carbocycles. The van der Waals surface area contributed by atoms with E-state index in [0.717, 1.165) is 30.1 Å². The molecule has 3 heteroatoms. The van der Waals surface area contributed by atoms with Crippen LogP contribution in [0.2, 0.25) is 0 Å². The number of para-hydroxylation sites is 3. The van der Waals surface area contributed by atoms with E-state index < -0.39 is 0 Å². The van der Waals surface area contributed by atoms with Gasteiger partial charge in [0.05, 0.1) is 11.0 Å². The van der Waals surface area contributed by atoms with Crippen LogP contribution in [0.15, 0.2) is 54.6 Å². The Kier molecular flexibility index (Phi) is 4.65. The van der Waals surface area contributed by atoms with Crippen molar-refractivity contribution in [3.8, 4) is 5.75 Å². The third kappa shape index (κ3) is 3.55. The highest BCUT2D eigenvalue weighted by atomic mass is 16.5. The second kappa shape index (κ2) is 6.86. The van der Waals surface area contributed by atoms with Crippen LogP contribution in [0.25, 0.3) is 11.0 Å². The van der Waals surface area contributed by atoms with Crippen LogP contribution >= 0.6 is 0 Å². The molecule has 0 spiro atoms. The lowest BCUT2D eigenvalue weighted by Crippen LogP contribution is -2.13. The van der Waals surface area contributed by atoms with Gasteiger partial charge in [0.15, 0.2) is 11.9 Å². The Bertz CT molecular complexity index is 762. The van der Waals surface area contributed by atoms with Gasteiger partial charge in [-0.1, -0.05) is 44.2 Å². The standard InChI is InChI=1S/C20H24N2O/c1-15(2)13-14-22-19-12-8-7-11-18(19)21-20(22)16(3)23-17-9-5-4-6-10-17/h4-12,15-16H,13-14H2,1-3H3. The fraction of sp³-hybridized carbons (Fsp3) is 0.350. The second-order valence-corrected chi connectivity index (χ2v) is 6.37. The molecule has 0 saturated carbocycles. The molecule has 1 atom stereocenters. The molecule has 0 aliphatic rings. The molecule has 23 heavy (non-hydrogen) atoms. The van der Waals surface area contributed by atoms with Gasteiger partial charge in [0, 0.05) is 6.54 Å². The molecule has 0 fully saturated rings. The van der Waals surface area contributed by atoms with Crippen molar-refractivity contribution in [3.05, 3.63) is 60.4 Å². The first-order valence-corrected chi connectivity index (χ1v) is 8.32. The Balaban J connectivity index is 1.93. The molecular weight excluding hydrogens is 284 g/mol. The molecule has 3 rings (SSSR count). The summed E-state index contributed by atoms with van der Waals surface area (Å²) >= 11 is 0. The van der Waals surface area contributed by atoms with Crippen molar-refractivity contribution in [2.24, 2.45) is 5.92 Å². The summed E-state index contributed by atoms with van der Waals surface area (Å²) in [5, 5.41) is 0. The fourth-order valence-corrected chi connectivity index (χ4v) is 2.78. The Morgan fingerprint density at radius 3 is 2.39 bits per heavy atom. The van der Waals surface area contributed by atoms with E-state index in [1.54, 1.807) is 0 Å². The van der Waals surface area contributed by atoms with Crippen LogP contribution < -0.4 is 4.74 Å². The molecule has 3 nitrogen and oxygen atoms in total. The van der Waals surface area contributed by atoms with Crippen molar-refractivity contribution in [2.75, 3.05) is 0 Å². The van der Waals surface area contributed by atoms with E-state index in [-0.39, 0.29) is 6.10 Å². The highest BCUT2D eigenvalue weighted by molar-refractivity contribution is 5.76. The van der Waals surface area contributed by atoms with Crippen molar-refractivity contribution in [1.29, 1.82) is 0 Å². The van der Waals surface area contributed by atoms with E-state index in [1.807, 2.05) is 36.4 Å². The predicted molar refractivity (Wildman–Crippen MR) is 94.7 cm³/mol. The van der Waals surface area contributed by atoms with Gasteiger partial charge in [-0.15, -0.1) is 0 Å². The molecule has 0 radical (unpaired) electrons. The largest absolute Gasteiger partial charge is 0.483 e. The van der Waals surface area contributed by atoms with E-state index in [0.29, 0.717) is 5.92 Å². The highest BCUT2D eigenvalue weighted by Gasteiger charge is 2.18. The first-order valence-electron chi connectivity index (χ1n) is 8.32. The Morgan fingerprint density at radius 2 is 1.65 bits per heavy atom. The molecule has 0 aliphatic heterocycles. The first kappa shape index (κ1) is 15.6. The maximum atomic E-state index is 6.09. The number of aromatic nitrogens is 2. The Labute approximate surface area is 137 Å². The zero-order valence-electron chi connectivity index (χ0n) is 14.1. The molecule has 1 heterocycles. The smallest absolute Gasteiger partial charge is 0.153 e. The maximum absolute atomic E-state index is 6.09. The van der Waals surface area contributed by atoms with Crippen LogP contribution in [0.1, 0.15) is 39.1 Å². The minimum Gasteiger partial charge on any atom is -0.483 e. The van der Waals surface area contributed by atoms with Crippen molar-refractivity contribution >= 4 is 11.0 Å². The quantitative estimate of drug-likeness (QED) is 0.624. The molecule has 0 saturated heterocycles. The molecule has 3 aromatic rings. The molecular formula is C20H24N2O. The minimum atomic E-state index is -0.0861. The number of rotatable bonds is 6. The SMILES string of the molecule is CC(C)CCn1c(C(C)Oc2ccccc2)nc2ccccc21. The van der Waals surface area contributed by atoms with Gasteiger partial charge in [-0.3, -0.25) is 0 Å². The average Bonchev–Trinajstić information content (AvgIpc) is 2.92. The van der Waals surface area contributed by atoms with Crippen molar-refractivity contribution in [1.82, 2.24) is 9.55 Å². The Morgan fingerprint density at radius 1 is 0.957 bits per heavy atom. The summed E-state index contributed by atoms with van der Waals surface area (Å²) in [6.45, 7) is 7.54. The Hall–Kier alpha value is -2.29. The van der Waals surface area contributed by atoms with Crippen LogP contribution in [0, 0.1) is 5.92 Å². The zero-order valence-corrected chi connectivity index (χ0v) is 14.1. The molecule has 0 N–H and O–H groups in total. The summed E-state index contributed by atoms with van der Waals surface area (Å²) in [6, 6.07) is 18.3. The third-order valence-corrected chi connectivity index (χ3v) is 4.03. The van der Waals surface area contributed by atoms with Crippen LogP contribution in [-0.4, -0.2) is 9.55 Å². The van der Waals surface area contributed by atoms with Gasteiger partial charge < -0.3 is 9.30 Å². The molecule has 2 aromatic carbocycles. The number of ether oxygens (including phenoxy) is 1. The van der Waals surface area contributed by atoms with E-state index in [1.165, 1.54) is 5.52 Å². The van der Waals surface area contributed by atoms with Crippen LogP contribution in [0.5, 0.6) is 5.75 Å². The summed E-state index contributed by atoms with van der Waals surface area (Å²) in [4.78, 5) is 4.82. The number of benzene rings is 2. The number of nitrogens with zero attached hydrogens (tertiary/aromatic N) is 2. The predicted octanol–water partition coefficient (Wildman–Crippen LogP) is 5.22. The van der Waals surface area contributed by atoms with Crippen LogP contribution in [0.4, 0.5) is 0 Å². The van der Waals surface area contributed by atoms with Gasteiger partial charge in [-0.2, -0.15) is 0 Å². The van der Waals surface area contributed by atoms with E-state index in [4.69, 9.17) is 9.72 Å². The van der Waals surface area contributed by atoms with E-state index in [9.17, 15) is 0 Å². The lowest BCUT2D eigenvalue weighted by Gasteiger charge is -2.17. The zero-order chi connectivity index (χ0) is 16.2. The lowest BCUT2D eigenvalue weighted by molar-refractivity contribution is 0.211. The van der Waals surface area contributed by atoms with Crippen LogP contribution in [-0.2, 0) is 6.54 Å². The summed E-state index contributed by atoms with van der Waals surface area (Å²) in [5.41, 5.74) is 2.22. The van der Waals surface area contributed by atoms with Gasteiger partial charge in [0.1, 0.15) is 5.75 Å². The second-order valence-electron chi connectivity index (χ2n) is 6.37. The fourth-order valence-electron chi connectivity index (χ4n) is 2.78. The van der Waals surface area contributed by atoms with Crippen LogP contribution in [0.3, 0.4) is 0 Å². The van der Waals surface area contributed by atoms with Crippen molar-refractivity contribution < 1.29 is 4.74 Å². The van der Waals surface area contributed by atoms with Crippen molar-refractivity contribution in [2.45, 2.75) is 39.8 Å². The van der Waals surface area contributed by atoms with E-state index >= 15 is 0 Å². The molecule has 0 amide bonds. The summed E-state index contributed by atoms with van der Waals surface area (Å²) < 4.78 is 8.40. The topological polar surface area (TPSA) is 27.1 Å². The van der Waals surface area contributed by atoms with Gasteiger partial charge in [-0.05, 0) is 43.5 Å². The van der Waals surface area contributed by atoms with E-state index in [2.05, 4.69) is 43.5 Å². The van der Waals surface area contributed by atoms with Gasteiger partial charge in [-0.25, -0.2) is 4.98 Å². The number of fused-ring (bicyclic) bond motifs is 1. The minimum absolute atomic E-state index is 0.0861. The van der Waals surface area contributed by atoms with Gasteiger partial charge >= 0.3 is 0 Å². The summed E-state index contributed by atoms with van der Waals surface area (Å²) in [5.74, 6) is 2.53. The summed E-state index contributed by atoms with van der Waals surface area (Å²) in [7, 11) is 0. The summed E-state index contributed by atoms with van der Waals surface area (Å²) in [6.07, 6.45) is 1.04. The first-order chi connectivity index (χ1) is 11.1. The monoisotopic (exact) mass is 308 g/mol. The molecule has 1 unspecified atom stereocenters.